The minimum absolute atomic E-state index is 0.0774. The van der Waals surface area contributed by atoms with Gasteiger partial charge in [-0.25, -0.2) is 4.79 Å². The third-order valence-electron chi connectivity index (χ3n) is 3.34. The van der Waals surface area contributed by atoms with E-state index in [2.05, 4.69) is 5.32 Å². The Labute approximate surface area is 116 Å². The molecule has 1 amide bonds. The van der Waals surface area contributed by atoms with Gasteiger partial charge in [0.15, 0.2) is 0 Å². The van der Waals surface area contributed by atoms with Gasteiger partial charge in [0.2, 0.25) is 5.91 Å². The normalized spacial score (nSPS) is 13.7. The van der Waals surface area contributed by atoms with Crippen LogP contribution >= 0.6 is 0 Å². The van der Waals surface area contributed by atoms with Crippen LogP contribution in [-0.2, 0) is 14.3 Å². The predicted molar refractivity (Wildman–Crippen MR) is 75.5 cm³/mol. The number of hydrogen-bond donors (Lipinski definition) is 2. The summed E-state index contributed by atoms with van der Waals surface area (Å²) in [4.78, 5) is 23.4. The highest BCUT2D eigenvalue weighted by atomic mass is 16.5. The van der Waals surface area contributed by atoms with E-state index in [9.17, 15) is 9.59 Å². The molecule has 0 bridgehead atoms. The number of rotatable bonds is 10. The molecule has 0 aliphatic rings. The first kappa shape index (κ1) is 17.9. The topological polar surface area (TPSA) is 81.4 Å². The summed E-state index contributed by atoms with van der Waals surface area (Å²) in [5.41, 5.74) is 5.40. The van der Waals surface area contributed by atoms with Crippen LogP contribution in [0.15, 0.2) is 0 Å². The number of amides is 1. The largest absolute Gasteiger partial charge is 0.467 e. The van der Waals surface area contributed by atoms with Crippen LogP contribution in [0.1, 0.15) is 52.4 Å². The first-order valence-electron chi connectivity index (χ1n) is 7.14. The van der Waals surface area contributed by atoms with Crippen LogP contribution in [0.5, 0.6) is 0 Å². The second kappa shape index (κ2) is 10.8. The van der Waals surface area contributed by atoms with Gasteiger partial charge in [0.05, 0.1) is 7.11 Å². The molecule has 0 radical (unpaired) electrons. The molecule has 0 spiro atoms. The Morgan fingerprint density at radius 1 is 1.21 bits per heavy atom. The lowest BCUT2D eigenvalue weighted by atomic mass is 9.99. The number of nitrogens with two attached hydrogens (primary N) is 1. The van der Waals surface area contributed by atoms with Gasteiger partial charge in [-0.05, 0) is 25.3 Å². The maximum atomic E-state index is 11.8. The van der Waals surface area contributed by atoms with E-state index in [4.69, 9.17) is 10.5 Å². The van der Waals surface area contributed by atoms with E-state index >= 15 is 0 Å². The molecule has 19 heavy (non-hydrogen) atoms. The molecule has 2 unspecified atom stereocenters. The zero-order valence-electron chi connectivity index (χ0n) is 12.4. The van der Waals surface area contributed by atoms with Crippen molar-refractivity contribution in [3.63, 3.8) is 0 Å². The molecule has 2 atom stereocenters. The van der Waals surface area contributed by atoms with Gasteiger partial charge in [-0.15, -0.1) is 0 Å². The zero-order chi connectivity index (χ0) is 14.7. The molecule has 0 fully saturated rings. The van der Waals surface area contributed by atoms with Gasteiger partial charge in [-0.3, -0.25) is 4.79 Å². The summed E-state index contributed by atoms with van der Waals surface area (Å²) in [6.45, 7) is 4.62. The Morgan fingerprint density at radius 2 is 1.84 bits per heavy atom. The highest BCUT2D eigenvalue weighted by Gasteiger charge is 2.26. The number of esters is 1. The molecule has 112 valence electrons. The molecule has 0 aliphatic heterocycles. The minimum atomic E-state index is -0.536. The number of carbonyl (C=O) groups excluding carboxylic acids is 2. The number of ether oxygens (including phenoxy) is 1. The molecule has 0 heterocycles. The smallest absolute Gasteiger partial charge is 0.328 e. The third kappa shape index (κ3) is 7.82. The number of methoxy groups -OCH3 is 1. The van der Waals surface area contributed by atoms with Gasteiger partial charge in [0.25, 0.3) is 0 Å². The Balaban J connectivity index is 4.06. The average molecular weight is 272 g/mol. The fourth-order valence-electron chi connectivity index (χ4n) is 1.83. The molecular weight excluding hydrogens is 244 g/mol. The van der Waals surface area contributed by atoms with Crippen LogP contribution < -0.4 is 11.1 Å². The Hall–Kier alpha value is -1.10. The molecule has 0 saturated heterocycles. The van der Waals surface area contributed by atoms with Gasteiger partial charge >= 0.3 is 5.97 Å². The SMILES string of the molecule is CCC(C)C(NC(=O)CCCCCCN)C(=O)OC. The molecule has 5 heteroatoms. The average Bonchev–Trinajstić information content (AvgIpc) is 2.42. The van der Waals surface area contributed by atoms with Crippen molar-refractivity contribution in [2.45, 2.75) is 58.4 Å². The maximum absolute atomic E-state index is 11.8. The first-order chi connectivity index (χ1) is 9.06. The number of nitrogens with one attached hydrogen (secondary N) is 1. The van der Waals surface area contributed by atoms with E-state index in [0.29, 0.717) is 13.0 Å². The van der Waals surface area contributed by atoms with Gasteiger partial charge in [-0.2, -0.15) is 0 Å². The number of unbranched alkanes of at least 4 members (excludes halogenated alkanes) is 3. The summed E-state index contributed by atoms with van der Waals surface area (Å²) in [5.74, 6) is -0.372. The Morgan fingerprint density at radius 3 is 2.37 bits per heavy atom. The first-order valence-corrected chi connectivity index (χ1v) is 7.14. The molecule has 0 aliphatic carbocycles. The number of carbonyl (C=O) groups is 2. The summed E-state index contributed by atoms with van der Waals surface area (Å²) < 4.78 is 4.73. The summed E-state index contributed by atoms with van der Waals surface area (Å²) in [6.07, 6.45) is 5.15. The fourth-order valence-corrected chi connectivity index (χ4v) is 1.83. The molecule has 0 aromatic carbocycles. The van der Waals surface area contributed by atoms with Crippen LogP contribution in [0.25, 0.3) is 0 Å². The van der Waals surface area contributed by atoms with Crippen LogP contribution in [0.3, 0.4) is 0 Å². The van der Waals surface area contributed by atoms with Crippen LogP contribution in [0.4, 0.5) is 0 Å². The molecule has 3 N–H and O–H groups in total. The lowest BCUT2D eigenvalue weighted by molar-refractivity contribution is -0.146. The highest BCUT2D eigenvalue weighted by molar-refractivity contribution is 5.84. The van der Waals surface area contributed by atoms with Crippen LogP contribution in [0, 0.1) is 5.92 Å². The van der Waals surface area contributed by atoms with Crippen molar-refractivity contribution >= 4 is 11.9 Å². The molecule has 0 aromatic rings. The Bertz CT molecular complexity index is 269. The lowest BCUT2D eigenvalue weighted by Crippen LogP contribution is -2.45. The van der Waals surface area contributed by atoms with E-state index in [1.165, 1.54) is 7.11 Å². The fraction of sp³-hybridized carbons (Fsp3) is 0.857. The van der Waals surface area contributed by atoms with Crippen molar-refractivity contribution in [1.29, 1.82) is 0 Å². The van der Waals surface area contributed by atoms with Gasteiger partial charge in [0, 0.05) is 6.42 Å². The summed E-state index contributed by atoms with van der Waals surface area (Å²) >= 11 is 0. The summed E-state index contributed by atoms with van der Waals surface area (Å²) in [6, 6.07) is -0.536. The van der Waals surface area contributed by atoms with Crippen LogP contribution in [0.2, 0.25) is 0 Å². The number of hydrogen-bond acceptors (Lipinski definition) is 4. The minimum Gasteiger partial charge on any atom is -0.467 e. The van der Waals surface area contributed by atoms with Crippen LogP contribution in [-0.4, -0.2) is 31.6 Å². The van der Waals surface area contributed by atoms with Crippen molar-refractivity contribution in [1.82, 2.24) is 5.32 Å². The highest BCUT2D eigenvalue weighted by Crippen LogP contribution is 2.10. The van der Waals surface area contributed by atoms with Crippen molar-refractivity contribution in [2.24, 2.45) is 11.7 Å². The molecular formula is C14H28N2O3. The second-order valence-electron chi connectivity index (χ2n) is 4.91. The van der Waals surface area contributed by atoms with E-state index < -0.39 is 6.04 Å². The van der Waals surface area contributed by atoms with E-state index in [-0.39, 0.29) is 17.8 Å². The molecule has 0 rings (SSSR count). The van der Waals surface area contributed by atoms with Gasteiger partial charge in [-0.1, -0.05) is 33.1 Å². The Kier molecular flexibility index (Phi) is 10.2. The van der Waals surface area contributed by atoms with Crippen molar-refractivity contribution < 1.29 is 14.3 Å². The second-order valence-corrected chi connectivity index (χ2v) is 4.91. The quantitative estimate of drug-likeness (QED) is 0.467. The molecule has 0 aromatic heterocycles. The summed E-state index contributed by atoms with van der Waals surface area (Å²) in [7, 11) is 1.34. The van der Waals surface area contributed by atoms with Gasteiger partial charge < -0.3 is 15.8 Å². The monoisotopic (exact) mass is 272 g/mol. The van der Waals surface area contributed by atoms with Crippen molar-refractivity contribution in [3.8, 4) is 0 Å². The van der Waals surface area contributed by atoms with Gasteiger partial charge in [0.1, 0.15) is 6.04 Å². The third-order valence-corrected chi connectivity index (χ3v) is 3.34. The van der Waals surface area contributed by atoms with Crippen molar-refractivity contribution in [3.05, 3.63) is 0 Å². The van der Waals surface area contributed by atoms with Crippen molar-refractivity contribution in [2.75, 3.05) is 13.7 Å². The maximum Gasteiger partial charge on any atom is 0.328 e. The zero-order valence-corrected chi connectivity index (χ0v) is 12.4. The summed E-state index contributed by atoms with van der Waals surface area (Å²) in [5, 5.41) is 2.77. The standard InChI is InChI=1S/C14H28N2O3/c1-4-11(2)13(14(18)19-3)16-12(17)9-7-5-6-8-10-15/h11,13H,4-10,15H2,1-3H3,(H,16,17). The molecule has 5 nitrogen and oxygen atoms in total. The molecule has 0 saturated carbocycles. The van der Waals surface area contributed by atoms with E-state index in [1.54, 1.807) is 0 Å². The van der Waals surface area contributed by atoms with E-state index in [1.807, 2.05) is 13.8 Å². The lowest BCUT2D eigenvalue weighted by Gasteiger charge is -2.21. The van der Waals surface area contributed by atoms with E-state index in [0.717, 1.165) is 32.1 Å². The predicted octanol–water partition coefficient (Wildman–Crippen LogP) is 1.60.